The van der Waals surface area contributed by atoms with Crippen LogP contribution in [0.25, 0.3) is 0 Å². The molecule has 2 aromatic carbocycles. The number of nitrogens with one attached hydrogen (secondary N) is 1. The van der Waals surface area contributed by atoms with Gasteiger partial charge in [0.2, 0.25) is 5.91 Å². The van der Waals surface area contributed by atoms with E-state index < -0.39 is 0 Å². The van der Waals surface area contributed by atoms with Crippen molar-refractivity contribution < 1.29 is 4.79 Å². The number of piperidine rings is 1. The number of allylic oxidation sites excluding steroid dienone is 1. The van der Waals surface area contributed by atoms with E-state index in [9.17, 15) is 4.79 Å². The Labute approximate surface area is 152 Å². The SMILES string of the molecule is C=CC[C@@H]1C[C@H](c2cccc(Cl)c2)[C@@H](c2ccc(Cl)cc2)NC1=O. The van der Waals surface area contributed by atoms with Crippen molar-refractivity contribution >= 4 is 29.1 Å². The van der Waals surface area contributed by atoms with Crippen LogP contribution >= 0.6 is 23.2 Å². The zero-order chi connectivity index (χ0) is 17.1. The highest BCUT2D eigenvalue weighted by molar-refractivity contribution is 6.30. The fourth-order valence-corrected chi connectivity index (χ4v) is 3.70. The van der Waals surface area contributed by atoms with Crippen molar-refractivity contribution in [2.24, 2.45) is 5.92 Å². The van der Waals surface area contributed by atoms with Crippen LogP contribution in [0.2, 0.25) is 10.0 Å². The van der Waals surface area contributed by atoms with Gasteiger partial charge < -0.3 is 5.32 Å². The largest absolute Gasteiger partial charge is 0.348 e. The van der Waals surface area contributed by atoms with Gasteiger partial charge in [0.05, 0.1) is 6.04 Å². The summed E-state index contributed by atoms with van der Waals surface area (Å²) >= 11 is 12.2. The number of carbonyl (C=O) groups is 1. The molecule has 0 aromatic heterocycles. The molecule has 1 aliphatic heterocycles. The second-order valence-corrected chi connectivity index (χ2v) is 7.03. The van der Waals surface area contributed by atoms with E-state index in [1.54, 1.807) is 0 Å². The van der Waals surface area contributed by atoms with Crippen molar-refractivity contribution in [3.63, 3.8) is 0 Å². The zero-order valence-electron chi connectivity index (χ0n) is 13.2. The van der Waals surface area contributed by atoms with Crippen molar-refractivity contribution in [2.45, 2.75) is 24.8 Å². The van der Waals surface area contributed by atoms with Crippen LogP contribution in [0, 0.1) is 5.92 Å². The molecular weight excluding hydrogens is 341 g/mol. The van der Waals surface area contributed by atoms with Crippen LogP contribution in [-0.4, -0.2) is 5.91 Å². The number of carbonyl (C=O) groups excluding carboxylic acids is 1. The molecule has 1 heterocycles. The van der Waals surface area contributed by atoms with Crippen LogP contribution in [0.15, 0.2) is 61.2 Å². The highest BCUT2D eigenvalue weighted by Gasteiger charge is 2.36. The van der Waals surface area contributed by atoms with Gasteiger partial charge in [-0.05, 0) is 48.2 Å². The fourth-order valence-electron chi connectivity index (χ4n) is 3.38. The smallest absolute Gasteiger partial charge is 0.223 e. The molecule has 2 nitrogen and oxygen atoms in total. The van der Waals surface area contributed by atoms with Gasteiger partial charge in [-0.3, -0.25) is 4.79 Å². The molecule has 2 aromatic rings. The van der Waals surface area contributed by atoms with E-state index in [1.165, 1.54) is 0 Å². The topological polar surface area (TPSA) is 29.1 Å². The van der Waals surface area contributed by atoms with E-state index in [1.807, 2.05) is 48.5 Å². The summed E-state index contributed by atoms with van der Waals surface area (Å²) < 4.78 is 0. The molecule has 1 saturated heterocycles. The summed E-state index contributed by atoms with van der Waals surface area (Å²) in [6, 6.07) is 15.4. The van der Waals surface area contributed by atoms with Crippen molar-refractivity contribution in [1.29, 1.82) is 0 Å². The Kier molecular flexibility index (Phi) is 5.27. The molecule has 1 N–H and O–H groups in total. The minimum Gasteiger partial charge on any atom is -0.348 e. The van der Waals surface area contributed by atoms with Gasteiger partial charge in [-0.2, -0.15) is 0 Å². The Hall–Kier alpha value is -1.77. The first-order valence-electron chi connectivity index (χ1n) is 8.00. The predicted octanol–water partition coefficient (Wildman–Crippen LogP) is 5.53. The molecule has 3 atom stereocenters. The third kappa shape index (κ3) is 3.66. The average molecular weight is 360 g/mol. The normalized spacial score (nSPS) is 23.6. The molecule has 0 unspecified atom stereocenters. The van der Waals surface area contributed by atoms with Gasteiger partial charge in [-0.15, -0.1) is 6.58 Å². The van der Waals surface area contributed by atoms with Crippen molar-refractivity contribution in [1.82, 2.24) is 5.32 Å². The van der Waals surface area contributed by atoms with Gasteiger partial charge in [0, 0.05) is 21.9 Å². The Morgan fingerprint density at radius 1 is 1.08 bits per heavy atom. The number of amides is 1. The first kappa shape index (κ1) is 17.1. The number of benzene rings is 2. The molecule has 24 heavy (non-hydrogen) atoms. The second kappa shape index (κ2) is 7.42. The Bertz CT molecular complexity index is 742. The molecule has 3 rings (SSSR count). The minimum atomic E-state index is -0.0886. The first-order chi connectivity index (χ1) is 11.6. The molecule has 1 fully saturated rings. The van der Waals surface area contributed by atoms with Gasteiger partial charge in [0.1, 0.15) is 0 Å². The highest BCUT2D eigenvalue weighted by atomic mass is 35.5. The number of rotatable bonds is 4. The molecule has 0 aliphatic carbocycles. The lowest BCUT2D eigenvalue weighted by Crippen LogP contribution is -2.43. The van der Waals surface area contributed by atoms with Crippen LogP contribution in [-0.2, 0) is 4.79 Å². The third-order valence-electron chi connectivity index (χ3n) is 4.57. The van der Waals surface area contributed by atoms with Crippen molar-refractivity contribution in [3.8, 4) is 0 Å². The van der Waals surface area contributed by atoms with Crippen LogP contribution in [0.3, 0.4) is 0 Å². The maximum Gasteiger partial charge on any atom is 0.223 e. The number of hydrogen-bond donors (Lipinski definition) is 1. The van der Waals surface area contributed by atoms with Crippen molar-refractivity contribution in [3.05, 3.63) is 82.4 Å². The van der Waals surface area contributed by atoms with E-state index in [0.717, 1.165) is 17.5 Å². The van der Waals surface area contributed by atoms with E-state index in [4.69, 9.17) is 23.2 Å². The molecular formula is C20H19Cl2NO. The summed E-state index contributed by atoms with van der Waals surface area (Å²) in [6.07, 6.45) is 3.25. The van der Waals surface area contributed by atoms with Gasteiger partial charge in [0.25, 0.3) is 0 Å². The quantitative estimate of drug-likeness (QED) is 0.714. The monoisotopic (exact) mass is 359 g/mol. The maximum absolute atomic E-state index is 12.5. The Balaban J connectivity index is 1.98. The van der Waals surface area contributed by atoms with Gasteiger partial charge in [-0.25, -0.2) is 0 Å². The summed E-state index contributed by atoms with van der Waals surface area (Å²) in [5, 5.41) is 4.58. The van der Waals surface area contributed by atoms with Crippen LogP contribution in [0.1, 0.15) is 35.9 Å². The number of halogens is 2. The predicted molar refractivity (Wildman–Crippen MR) is 99.4 cm³/mol. The molecule has 0 bridgehead atoms. The summed E-state index contributed by atoms with van der Waals surface area (Å²) in [5.74, 6) is 0.177. The first-order valence-corrected chi connectivity index (χ1v) is 8.76. The lowest BCUT2D eigenvalue weighted by molar-refractivity contribution is -0.128. The van der Waals surface area contributed by atoms with Crippen LogP contribution in [0.4, 0.5) is 0 Å². The lowest BCUT2D eigenvalue weighted by Gasteiger charge is -2.37. The average Bonchev–Trinajstić information content (AvgIpc) is 2.57. The molecule has 0 saturated carbocycles. The lowest BCUT2D eigenvalue weighted by atomic mass is 9.76. The van der Waals surface area contributed by atoms with E-state index in [2.05, 4.69) is 18.0 Å². The van der Waals surface area contributed by atoms with Crippen LogP contribution < -0.4 is 5.32 Å². The maximum atomic E-state index is 12.5. The summed E-state index contributed by atoms with van der Waals surface area (Å²) in [5.41, 5.74) is 2.19. The second-order valence-electron chi connectivity index (χ2n) is 6.16. The number of hydrogen-bond acceptors (Lipinski definition) is 1. The summed E-state index contributed by atoms with van der Waals surface area (Å²) in [6.45, 7) is 3.77. The molecule has 0 spiro atoms. The standard InChI is InChI=1S/C20H19Cl2NO/c1-2-4-15-12-18(14-5-3-6-17(22)11-14)19(23-20(15)24)13-7-9-16(21)10-8-13/h2-3,5-11,15,18-19H,1,4,12H2,(H,23,24)/t15-,18-,19-/m1/s1. The van der Waals surface area contributed by atoms with Gasteiger partial charge in [0.15, 0.2) is 0 Å². The highest BCUT2D eigenvalue weighted by Crippen LogP contribution is 2.41. The van der Waals surface area contributed by atoms with E-state index >= 15 is 0 Å². The summed E-state index contributed by atoms with van der Waals surface area (Å²) in [7, 11) is 0. The molecule has 4 heteroatoms. The molecule has 124 valence electrons. The Morgan fingerprint density at radius 3 is 2.50 bits per heavy atom. The van der Waals surface area contributed by atoms with Gasteiger partial charge in [-0.1, -0.05) is 53.5 Å². The molecule has 1 amide bonds. The zero-order valence-corrected chi connectivity index (χ0v) is 14.7. The summed E-state index contributed by atoms with van der Waals surface area (Å²) in [4.78, 5) is 12.5. The van der Waals surface area contributed by atoms with Gasteiger partial charge >= 0.3 is 0 Å². The molecule has 0 radical (unpaired) electrons. The van der Waals surface area contributed by atoms with Crippen molar-refractivity contribution in [2.75, 3.05) is 0 Å². The van der Waals surface area contributed by atoms with E-state index in [0.29, 0.717) is 16.5 Å². The third-order valence-corrected chi connectivity index (χ3v) is 5.05. The molecule has 1 aliphatic rings. The fraction of sp³-hybridized carbons (Fsp3) is 0.250. The minimum absolute atomic E-state index is 0.0602. The Morgan fingerprint density at radius 2 is 1.83 bits per heavy atom. The van der Waals surface area contributed by atoms with E-state index in [-0.39, 0.29) is 23.8 Å². The van der Waals surface area contributed by atoms with Crippen LogP contribution in [0.5, 0.6) is 0 Å².